The predicted molar refractivity (Wildman–Crippen MR) is 81.6 cm³/mol. The maximum atomic E-state index is 9.85. The largest absolute Gasteiger partial charge is 0.394 e. The van der Waals surface area contributed by atoms with E-state index in [9.17, 15) is 5.11 Å². The molecule has 3 nitrogen and oxygen atoms in total. The van der Waals surface area contributed by atoms with Crippen LogP contribution in [-0.4, -0.2) is 43.8 Å². The van der Waals surface area contributed by atoms with E-state index >= 15 is 0 Å². The third-order valence-electron chi connectivity index (χ3n) is 3.62. The number of aryl methyl sites for hydroxylation is 3. The third-order valence-corrected chi connectivity index (χ3v) is 3.62. The highest BCUT2D eigenvalue weighted by atomic mass is 16.3. The molecule has 0 heterocycles. The Morgan fingerprint density at radius 2 is 1.68 bits per heavy atom. The van der Waals surface area contributed by atoms with Crippen LogP contribution in [-0.2, 0) is 5.54 Å². The summed E-state index contributed by atoms with van der Waals surface area (Å²) in [6.07, 6.45) is 0. The van der Waals surface area contributed by atoms with E-state index in [1.54, 1.807) is 0 Å². The van der Waals surface area contributed by atoms with Gasteiger partial charge in [0.05, 0.1) is 12.1 Å². The first kappa shape index (κ1) is 16.2. The Morgan fingerprint density at radius 1 is 1.16 bits per heavy atom. The molecule has 1 rings (SSSR count). The van der Waals surface area contributed by atoms with Crippen molar-refractivity contribution in [1.82, 2.24) is 10.2 Å². The molecule has 108 valence electrons. The Hall–Kier alpha value is -0.900. The number of aliphatic hydroxyl groups excluding tert-OH is 1. The van der Waals surface area contributed by atoms with Crippen molar-refractivity contribution in [3.8, 4) is 0 Å². The van der Waals surface area contributed by atoms with Gasteiger partial charge in [0.1, 0.15) is 0 Å². The van der Waals surface area contributed by atoms with Gasteiger partial charge < -0.3 is 15.3 Å². The van der Waals surface area contributed by atoms with Crippen LogP contribution in [0.4, 0.5) is 0 Å². The molecule has 0 saturated heterocycles. The molecule has 1 aromatic rings. The number of rotatable bonds is 6. The van der Waals surface area contributed by atoms with E-state index in [1.165, 1.54) is 22.3 Å². The average molecular weight is 264 g/mol. The summed E-state index contributed by atoms with van der Waals surface area (Å²) in [7, 11) is 4.11. The van der Waals surface area contributed by atoms with E-state index in [-0.39, 0.29) is 12.1 Å². The zero-order valence-corrected chi connectivity index (χ0v) is 13.2. The van der Waals surface area contributed by atoms with Gasteiger partial charge in [-0.3, -0.25) is 0 Å². The molecule has 0 fully saturated rings. The van der Waals surface area contributed by atoms with Gasteiger partial charge in [0, 0.05) is 13.1 Å². The van der Waals surface area contributed by atoms with Crippen LogP contribution < -0.4 is 5.32 Å². The monoisotopic (exact) mass is 264 g/mol. The molecule has 1 unspecified atom stereocenters. The van der Waals surface area contributed by atoms with Gasteiger partial charge in [-0.15, -0.1) is 0 Å². The topological polar surface area (TPSA) is 35.5 Å². The molecule has 0 aliphatic heterocycles. The van der Waals surface area contributed by atoms with Crippen molar-refractivity contribution in [2.45, 2.75) is 33.2 Å². The lowest BCUT2D eigenvalue weighted by molar-refractivity contribution is 0.170. The zero-order valence-electron chi connectivity index (χ0n) is 13.2. The normalized spacial score (nSPS) is 14.7. The number of nitrogens with one attached hydrogen (secondary N) is 1. The summed E-state index contributed by atoms with van der Waals surface area (Å²) in [5.41, 5.74) is 4.60. The molecular weight excluding hydrogens is 236 g/mol. The molecule has 3 heteroatoms. The van der Waals surface area contributed by atoms with E-state index < -0.39 is 0 Å². The van der Waals surface area contributed by atoms with Gasteiger partial charge in [-0.2, -0.15) is 0 Å². The van der Waals surface area contributed by atoms with Gasteiger partial charge in [-0.25, -0.2) is 0 Å². The highest BCUT2D eigenvalue weighted by Crippen LogP contribution is 2.28. The molecular formula is C16H28N2O. The second-order valence-electron chi connectivity index (χ2n) is 5.99. The van der Waals surface area contributed by atoms with E-state index in [2.05, 4.69) is 64.1 Å². The van der Waals surface area contributed by atoms with Crippen molar-refractivity contribution in [1.29, 1.82) is 0 Å². The molecule has 0 bridgehead atoms. The van der Waals surface area contributed by atoms with Crippen LogP contribution in [0.5, 0.6) is 0 Å². The van der Waals surface area contributed by atoms with E-state index in [4.69, 9.17) is 0 Å². The average Bonchev–Trinajstić information content (AvgIpc) is 2.26. The van der Waals surface area contributed by atoms with Crippen molar-refractivity contribution in [2.24, 2.45) is 0 Å². The highest BCUT2D eigenvalue weighted by molar-refractivity contribution is 5.42. The SMILES string of the molecule is Cc1cc(C)c(C(C)(CO)NCCN(C)C)c(C)c1. The second-order valence-corrected chi connectivity index (χ2v) is 5.99. The number of likely N-dealkylation sites (N-methyl/N-ethyl adjacent to an activating group) is 1. The Bertz CT molecular complexity index is 406. The van der Waals surface area contributed by atoms with Crippen molar-refractivity contribution in [2.75, 3.05) is 33.8 Å². The number of hydrogen-bond donors (Lipinski definition) is 2. The van der Waals surface area contributed by atoms with Crippen LogP contribution in [0, 0.1) is 20.8 Å². The standard InChI is InChI=1S/C16H28N2O/c1-12-9-13(2)15(14(3)10-12)16(4,11-19)17-7-8-18(5)6/h9-10,17,19H,7-8,11H2,1-6H3. The molecule has 0 saturated carbocycles. The summed E-state index contributed by atoms with van der Waals surface area (Å²) >= 11 is 0. The molecule has 19 heavy (non-hydrogen) atoms. The molecule has 1 aromatic carbocycles. The van der Waals surface area contributed by atoms with E-state index in [0.29, 0.717) is 0 Å². The van der Waals surface area contributed by atoms with Gasteiger partial charge in [-0.1, -0.05) is 17.7 Å². The lowest BCUT2D eigenvalue weighted by Crippen LogP contribution is -2.46. The minimum atomic E-state index is -0.377. The summed E-state index contributed by atoms with van der Waals surface area (Å²) in [4.78, 5) is 2.14. The predicted octanol–water partition coefficient (Wildman–Crippen LogP) is 1.97. The zero-order chi connectivity index (χ0) is 14.6. The first-order valence-electron chi connectivity index (χ1n) is 6.89. The van der Waals surface area contributed by atoms with Crippen molar-refractivity contribution in [3.05, 3.63) is 34.4 Å². The maximum absolute atomic E-state index is 9.85. The van der Waals surface area contributed by atoms with Gasteiger partial charge in [0.2, 0.25) is 0 Å². The summed E-state index contributed by atoms with van der Waals surface area (Å²) in [5.74, 6) is 0. The van der Waals surface area contributed by atoms with Crippen LogP contribution in [0.1, 0.15) is 29.2 Å². The molecule has 1 atom stereocenters. The minimum absolute atomic E-state index is 0.102. The second kappa shape index (κ2) is 6.51. The van der Waals surface area contributed by atoms with Crippen molar-refractivity contribution in [3.63, 3.8) is 0 Å². The Morgan fingerprint density at radius 3 is 2.11 bits per heavy atom. The molecule has 0 aliphatic rings. The van der Waals surface area contributed by atoms with Gasteiger partial charge in [0.15, 0.2) is 0 Å². The Labute approximate surface area is 117 Å². The van der Waals surface area contributed by atoms with Gasteiger partial charge in [0.25, 0.3) is 0 Å². The van der Waals surface area contributed by atoms with Crippen LogP contribution in [0.3, 0.4) is 0 Å². The first-order valence-corrected chi connectivity index (χ1v) is 6.89. The first-order chi connectivity index (χ1) is 8.80. The van der Waals surface area contributed by atoms with Crippen LogP contribution >= 0.6 is 0 Å². The third kappa shape index (κ3) is 4.03. The summed E-state index contributed by atoms with van der Waals surface area (Å²) in [5, 5.41) is 13.3. The van der Waals surface area contributed by atoms with E-state index in [0.717, 1.165) is 13.1 Å². The van der Waals surface area contributed by atoms with E-state index in [1.807, 2.05) is 0 Å². The van der Waals surface area contributed by atoms with Gasteiger partial charge in [-0.05, 0) is 58.5 Å². The van der Waals surface area contributed by atoms with Crippen molar-refractivity contribution < 1.29 is 5.11 Å². The summed E-state index contributed by atoms with van der Waals surface area (Å²) in [6, 6.07) is 4.37. The summed E-state index contributed by atoms with van der Waals surface area (Å²) in [6.45, 7) is 10.3. The van der Waals surface area contributed by atoms with Crippen molar-refractivity contribution >= 4 is 0 Å². The fraction of sp³-hybridized carbons (Fsp3) is 0.625. The van der Waals surface area contributed by atoms with Crippen LogP contribution in [0.25, 0.3) is 0 Å². The number of benzene rings is 1. The lowest BCUT2D eigenvalue weighted by Gasteiger charge is -2.33. The quantitative estimate of drug-likeness (QED) is 0.824. The molecule has 0 aromatic heterocycles. The number of aliphatic hydroxyl groups is 1. The van der Waals surface area contributed by atoms with Crippen LogP contribution in [0.2, 0.25) is 0 Å². The maximum Gasteiger partial charge on any atom is 0.0652 e. The Balaban J connectivity index is 3.01. The molecule has 2 N–H and O–H groups in total. The molecule has 0 aliphatic carbocycles. The van der Waals surface area contributed by atoms with Crippen LogP contribution in [0.15, 0.2) is 12.1 Å². The highest BCUT2D eigenvalue weighted by Gasteiger charge is 2.28. The smallest absolute Gasteiger partial charge is 0.0652 e. The fourth-order valence-electron chi connectivity index (χ4n) is 2.83. The lowest BCUT2D eigenvalue weighted by atomic mass is 9.84. The molecule has 0 spiro atoms. The van der Waals surface area contributed by atoms with Gasteiger partial charge >= 0.3 is 0 Å². The molecule has 0 amide bonds. The number of nitrogens with zero attached hydrogens (tertiary/aromatic N) is 1. The Kier molecular flexibility index (Phi) is 5.53. The summed E-state index contributed by atoms with van der Waals surface area (Å²) < 4.78 is 0. The number of hydrogen-bond acceptors (Lipinski definition) is 3. The minimum Gasteiger partial charge on any atom is -0.394 e. The molecule has 0 radical (unpaired) electrons. The fourth-order valence-corrected chi connectivity index (χ4v) is 2.83.